The standard InChI is InChI=1S/C18H18N4O5/c1-10(19-12-4-7-16-15(8-12)20-11(2)27-16)18(23)21-14-6-5-13(22(24)25)9-17(14)26-3/h4-10,19H,1-3H3,(H,21,23)/t10-/m1/s1. The number of amides is 1. The van der Waals surface area contributed by atoms with E-state index in [0.717, 1.165) is 0 Å². The van der Waals surface area contributed by atoms with Gasteiger partial charge < -0.3 is 19.8 Å². The Morgan fingerprint density at radius 2 is 2.07 bits per heavy atom. The number of oxazole rings is 1. The van der Waals surface area contributed by atoms with Gasteiger partial charge >= 0.3 is 0 Å². The minimum absolute atomic E-state index is 0.118. The fourth-order valence-electron chi connectivity index (χ4n) is 2.59. The molecule has 0 unspecified atom stereocenters. The number of carbonyl (C=O) groups is 1. The highest BCUT2D eigenvalue weighted by molar-refractivity contribution is 5.97. The number of nitro benzene ring substituents is 1. The van der Waals surface area contributed by atoms with Crippen molar-refractivity contribution in [1.82, 2.24) is 4.98 Å². The summed E-state index contributed by atoms with van der Waals surface area (Å²) in [7, 11) is 1.38. The Morgan fingerprint density at radius 1 is 1.30 bits per heavy atom. The molecule has 27 heavy (non-hydrogen) atoms. The van der Waals surface area contributed by atoms with Crippen LogP contribution in [0.2, 0.25) is 0 Å². The lowest BCUT2D eigenvalue weighted by Crippen LogP contribution is -2.32. The van der Waals surface area contributed by atoms with Gasteiger partial charge in [0.1, 0.15) is 17.3 Å². The summed E-state index contributed by atoms with van der Waals surface area (Å²) in [6.07, 6.45) is 0. The van der Waals surface area contributed by atoms with Crippen molar-refractivity contribution in [3.8, 4) is 5.75 Å². The van der Waals surface area contributed by atoms with Gasteiger partial charge in [0.2, 0.25) is 5.91 Å². The van der Waals surface area contributed by atoms with Gasteiger partial charge in [-0.2, -0.15) is 0 Å². The number of fused-ring (bicyclic) bond motifs is 1. The Labute approximate surface area is 154 Å². The average Bonchev–Trinajstić information content (AvgIpc) is 3.01. The molecule has 0 aliphatic heterocycles. The van der Waals surface area contributed by atoms with Crippen molar-refractivity contribution in [2.24, 2.45) is 0 Å². The van der Waals surface area contributed by atoms with Gasteiger partial charge in [0.25, 0.3) is 5.69 Å². The van der Waals surface area contributed by atoms with E-state index in [9.17, 15) is 14.9 Å². The van der Waals surface area contributed by atoms with Gasteiger partial charge in [0.15, 0.2) is 11.5 Å². The second-order valence-electron chi connectivity index (χ2n) is 5.91. The molecule has 9 nitrogen and oxygen atoms in total. The summed E-state index contributed by atoms with van der Waals surface area (Å²) >= 11 is 0. The fourth-order valence-corrected chi connectivity index (χ4v) is 2.59. The zero-order valence-electron chi connectivity index (χ0n) is 15.0. The third-order valence-electron chi connectivity index (χ3n) is 3.92. The molecule has 0 spiro atoms. The predicted molar refractivity (Wildman–Crippen MR) is 100 cm³/mol. The summed E-state index contributed by atoms with van der Waals surface area (Å²) in [5.41, 5.74) is 2.32. The van der Waals surface area contributed by atoms with E-state index in [0.29, 0.717) is 28.4 Å². The summed E-state index contributed by atoms with van der Waals surface area (Å²) < 4.78 is 10.6. The van der Waals surface area contributed by atoms with Crippen molar-refractivity contribution < 1.29 is 18.9 Å². The highest BCUT2D eigenvalue weighted by atomic mass is 16.6. The fraction of sp³-hybridized carbons (Fsp3) is 0.222. The Morgan fingerprint density at radius 3 is 2.78 bits per heavy atom. The summed E-state index contributed by atoms with van der Waals surface area (Å²) in [5, 5.41) is 16.6. The minimum Gasteiger partial charge on any atom is -0.494 e. The van der Waals surface area contributed by atoms with Crippen LogP contribution in [0.15, 0.2) is 40.8 Å². The Bertz CT molecular complexity index is 1010. The molecule has 0 bridgehead atoms. The zero-order valence-corrected chi connectivity index (χ0v) is 15.0. The van der Waals surface area contributed by atoms with E-state index in [1.807, 2.05) is 0 Å². The highest BCUT2D eigenvalue weighted by Gasteiger charge is 2.17. The van der Waals surface area contributed by atoms with E-state index in [1.165, 1.54) is 25.3 Å². The molecule has 1 heterocycles. The van der Waals surface area contributed by atoms with E-state index < -0.39 is 11.0 Å². The van der Waals surface area contributed by atoms with Crippen molar-refractivity contribution >= 4 is 34.1 Å². The van der Waals surface area contributed by atoms with Crippen molar-refractivity contribution in [3.63, 3.8) is 0 Å². The molecule has 3 aromatic rings. The first-order chi connectivity index (χ1) is 12.9. The van der Waals surface area contributed by atoms with E-state index in [4.69, 9.17) is 9.15 Å². The maximum atomic E-state index is 12.5. The molecule has 1 amide bonds. The Kier molecular flexibility index (Phi) is 4.93. The van der Waals surface area contributed by atoms with Crippen LogP contribution in [0.25, 0.3) is 11.1 Å². The quantitative estimate of drug-likeness (QED) is 0.503. The van der Waals surface area contributed by atoms with Crippen LogP contribution in [0, 0.1) is 17.0 Å². The number of aromatic nitrogens is 1. The monoisotopic (exact) mass is 370 g/mol. The normalized spacial score (nSPS) is 11.8. The lowest BCUT2D eigenvalue weighted by Gasteiger charge is -2.16. The number of anilines is 2. The number of ether oxygens (including phenoxy) is 1. The summed E-state index contributed by atoms with van der Waals surface area (Å²) in [4.78, 5) is 27.1. The number of rotatable bonds is 6. The maximum Gasteiger partial charge on any atom is 0.273 e. The molecule has 1 aromatic heterocycles. The van der Waals surface area contributed by atoms with Crippen LogP contribution >= 0.6 is 0 Å². The van der Waals surface area contributed by atoms with Crippen LogP contribution in [-0.2, 0) is 4.79 Å². The molecular weight excluding hydrogens is 352 g/mol. The number of nitrogens with one attached hydrogen (secondary N) is 2. The first-order valence-electron chi connectivity index (χ1n) is 8.14. The SMILES string of the molecule is COc1cc([N+](=O)[O-])ccc1NC(=O)[C@@H](C)Nc1ccc2oc(C)nc2c1. The molecule has 0 saturated heterocycles. The van der Waals surface area contributed by atoms with Crippen LogP contribution in [0.4, 0.5) is 17.1 Å². The van der Waals surface area contributed by atoms with Crippen molar-refractivity contribution in [2.75, 3.05) is 17.7 Å². The topological polar surface area (TPSA) is 120 Å². The number of benzene rings is 2. The van der Waals surface area contributed by atoms with Gasteiger partial charge in [0, 0.05) is 18.7 Å². The molecule has 3 rings (SSSR count). The van der Waals surface area contributed by atoms with Crippen LogP contribution in [0.3, 0.4) is 0 Å². The van der Waals surface area contributed by atoms with Crippen LogP contribution in [0.1, 0.15) is 12.8 Å². The average molecular weight is 370 g/mol. The van der Waals surface area contributed by atoms with Gasteiger partial charge in [-0.25, -0.2) is 4.98 Å². The van der Waals surface area contributed by atoms with Gasteiger partial charge in [-0.05, 0) is 31.2 Å². The van der Waals surface area contributed by atoms with Crippen molar-refractivity contribution in [3.05, 3.63) is 52.4 Å². The minimum atomic E-state index is -0.574. The molecule has 0 aliphatic rings. The molecule has 2 aromatic carbocycles. The number of nitro groups is 1. The third kappa shape index (κ3) is 3.97. The van der Waals surface area contributed by atoms with Crippen LogP contribution in [-0.4, -0.2) is 29.0 Å². The molecular formula is C18H18N4O5. The van der Waals surface area contributed by atoms with Crippen LogP contribution in [0.5, 0.6) is 5.75 Å². The van der Waals surface area contributed by atoms with Gasteiger partial charge in [-0.1, -0.05) is 0 Å². The Balaban J connectivity index is 1.72. The summed E-state index contributed by atoms with van der Waals surface area (Å²) in [5.74, 6) is 0.459. The van der Waals surface area contributed by atoms with Crippen molar-refractivity contribution in [1.29, 1.82) is 0 Å². The van der Waals surface area contributed by atoms with Gasteiger partial charge in [-0.15, -0.1) is 0 Å². The largest absolute Gasteiger partial charge is 0.494 e. The zero-order chi connectivity index (χ0) is 19.6. The molecule has 0 aliphatic carbocycles. The number of non-ortho nitro benzene ring substituents is 1. The van der Waals surface area contributed by atoms with E-state index in [2.05, 4.69) is 15.6 Å². The summed E-state index contributed by atoms with van der Waals surface area (Å²) in [6, 6.07) is 8.79. The number of aryl methyl sites for hydroxylation is 1. The summed E-state index contributed by atoms with van der Waals surface area (Å²) in [6.45, 7) is 3.46. The molecule has 9 heteroatoms. The van der Waals surface area contributed by atoms with E-state index >= 15 is 0 Å². The second kappa shape index (κ2) is 7.32. The molecule has 140 valence electrons. The highest BCUT2D eigenvalue weighted by Crippen LogP contribution is 2.29. The first kappa shape index (κ1) is 18.2. The predicted octanol–water partition coefficient (Wildman–Crippen LogP) is 3.49. The van der Waals surface area contributed by atoms with Crippen molar-refractivity contribution in [2.45, 2.75) is 19.9 Å². The van der Waals surface area contributed by atoms with E-state index in [-0.39, 0.29) is 17.3 Å². The molecule has 2 N–H and O–H groups in total. The first-order valence-corrected chi connectivity index (χ1v) is 8.14. The maximum absolute atomic E-state index is 12.5. The van der Waals surface area contributed by atoms with Gasteiger partial charge in [-0.3, -0.25) is 14.9 Å². The number of carbonyl (C=O) groups excluding carboxylic acids is 1. The van der Waals surface area contributed by atoms with Gasteiger partial charge in [0.05, 0.1) is 23.8 Å². The molecule has 0 fully saturated rings. The van der Waals surface area contributed by atoms with Crippen LogP contribution < -0.4 is 15.4 Å². The molecule has 0 radical (unpaired) electrons. The number of hydrogen-bond acceptors (Lipinski definition) is 7. The lowest BCUT2D eigenvalue weighted by molar-refractivity contribution is -0.384. The lowest BCUT2D eigenvalue weighted by atomic mass is 10.2. The molecule has 0 saturated carbocycles. The number of hydrogen-bond donors (Lipinski definition) is 2. The third-order valence-corrected chi connectivity index (χ3v) is 3.92. The molecule has 1 atom stereocenters. The smallest absolute Gasteiger partial charge is 0.273 e. The Hall–Kier alpha value is -3.62. The van der Waals surface area contributed by atoms with E-state index in [1.54, 1.807) is 32.0 Å². The number of nitrogens with zero attached hydrogens (tertiary/aromatic N) is 2. The second-order valence-corrected chi connectivity index (χ2v) is 5.91. The number of methoxy groups -OCH3 is 1.